The molecule has 0 aliphatic rings. The van der Waals surface area contributed by atoms with Gasteiger partial charge in [0.1, 0.15) is 0 Å². The molecule has 0 radical (unpaired) electrons. The Balaban J connectivity index is 1.53. The third-order valence-electron chi connectivity index (χ3n) is 4.16. The van der Waals surface area contributed by atoms with E-state index in [1.807, 2.05) is 54.6 Å². The number of rotatable bonds is 6. The van der Waals surface area contributed by atoms with Gasteiger partial charge in [-0.1, -0.05) is 42.5 Å². The molecule has 27 heavy (non-hydrogen) atoms. The third kappa shape index (κ3) is 5.25. The van der Waals surface area contributed by atoms with Gasteiger partial charge in [0.25, 0.3) is 0 Å². The molecule has 1 aromatic heterocycles. The lowest BCUT2D eigenvalue weighted by molar-refractivity contribution is -0.131. The second-order valence-electron chi connectivity index (χ2n) is 6.27. The highest BCUT2D eigenvalue weighted by molar-refractivity contribution is 5.95. The molecule has 0 bridgehead atoms. The number of hydrogen-bond acceptors (Lipinski definition) is 3. The minimum Gasteiger partial charge on any atom is -0.350 e. The molecule has 136 valence electrons. The van der Waals surface area contributed by atoms with Crippen molar-refractivity contribution < 1.29 is 9.59 Å². The van der Waals surface area contributed by atoms with E-state index in [0.717, 1.165) is 21.9 Å². The largest absolute Gasteiger partial charge is 0.350 e. The van der Waals surface area contributed by atoms with Gasteiger partial charge in [-0.3, -0.25) is 14.6 Å². The Labute approximate surface area is 158 Å². The van der Waals surface area contributed by atoms with E-state index in [0.29, 0.717) is 6.54 Å². The highest BCUT2D eigenvalue weighted by Crippen LogP contribution is 2.16. The first-order chi connectivity index (χ1) is 13.1. The van der Waals surface area contributed by atoms with Gasteiger partial charge in [-0.15, -0.1) is 0 Å². The van der Waals surface area contributed by atoms with Crippen LogP contribution in [-0.4, -0.2) is 35.3 Å². The number of aromatic nitrogens is 1. The zero-order chi connectivity index (χ0) is 19.1. The SMILES string of the molecule is CN(CC(=O)NCc1cccnc1)C(=O)/C=C/c1ccc2ccccc2c1. The summed E-state index contributed by atoms with van der Waals surface area (Å²) in [6.45, 7) is 0.392. The van der Waals surface area contributed by atoms with Crippen LogP contribution in [0.25, 0.3) is 16.8 Å². The zero-order valence-electron chi connectivity index (χ0n) is 15.1. The summed E-state index contributed by atoms with van der Waals surface area (Å²) in [7, 11) is 1.61. The molecule has 0 aliphatic heterocycles. The van der Waals surface area contributed by atoms with Crippen molar-refractivity contribution in [3.8, 4) is 0 Å². The van der Waals surface area contributed by atoms with Gasteiger partial charge in [0.2, 0.25) is 11.8 Å². The van der Waals surface area contributed by atoms with Crippen LogP contribution in [0.2, 0.25) is 0 Å². The summed E-state index contributed by atoms with van der Waals surface area (Å²) in [4.78, 5) is 29.6. The van der Waals surface area contributed by atoms with Crippen molar-refractivity contribution in [1.82, 2.24) is 15.2 Å². The molecule has 5 nitrogen and oxygen atoms in total. The van der Waals surface area contributed by atoms with Crippen LogP contribution in [0.3, 0.4) is 0 Å². The van der Waals surface area contributed by atoms with Crippen LogP contribution >= 0.6 is 0 Å². The van der Waals surface area contributed by atoms with Gasteiger partial charge in [-0.05, 0) is 40.1 Å². The number of fused-ring (bicyclic) bond motifs is 1. The Morgan fingerprint density at radius 1 is 1.07 bits per heavy atom. The molecular formula is C22H21N3O2. The standard InChI is InChI=1S/C22H21N3O2/c1-25(16-21(26)24-15-18-5-4-12-23-14-18)22(27)11-9-17-8-10-19-6-2-3-7-20(19)13-17/h2-14H,15-16H2,1H3,(H,24,26)/b11-9+. The Morgan fingerprint density at radius 3 is 2.67 bits per heavy atom. The number of nitrogens with one attached hydrogen (secondary N) is 1. The molecule has 1 N–H and O–H groups in total. The summed E-state index contributed by atoms with van der Waals surface area (Å²) in [5.41, 5.74) is 1.85. The fourth-order valence-electron chi connectivity index (χ4n) is 2.66. The van der Waals surface area contributed by atoms with Crippen LogP contribution in [0.5, 0.6) is 0 Å². The van der Waals surface area contributed by atoms with Gasteiger partial charge in [0.15, 0.2) is 0 Å². The maximum Gasteiger partial charge on any atom is 0.246 e. The molecule has 3 rings (SSSR count). The van der Waals surface area contributed by atoms with Crippen molar-refractivity contribution >= 4 is 28.7 Å². The van der Waals surface area contributed by atoms with Crippen LogP contribution in [0.15, 0.2) is 73.1 Å². The Bertz CT molecular complexity index is 967. The van der Waals surface area contributed by atoms with E-state index in [2.05, 4.69) is 10.3 Å². The summed E-state index contributed by atoms with van der Waals surface area (Å²) in [6.07, 6.45) is 6.62. The fourth-order valence-corrected chi connectivity index (χ4v) is 2.66. The molecule has 0 aliphatic carbocycles. The lowest BCUT2D eigenvalue weighted by atomic mass is 10.1. The van der Waals surface area contributed by atoms with E-state index in [-0.39, 0.29) is 18.4 Å². The monoisotopic (exact) mass is 359 g/mol. The third-order valence-corrected chi connectivity index (χ3v) is 4.16. The molecule has 5 heteroatoms. The number of pyridine rings is 1. The van der Waals surface area contributed by atoms with Gasteiger partial charge in [-0.2, -0.15) is 0 Å². The van der Waals surface area contributed by atoms with Crippen molar-refractivity contribution in [2.45, 2.75) is 6.54 Å². The number of nitrogens with zero attached hydrogens (tertiary/aromatic N) is 2. The summed E-state index contributed by atoms with van der Waals surface area (Å²) >= 11 is 0. The fraction of sp³-hybridized carbons (Fsp3) is 0.136. The van der Waals surface area contributed by atoms with E-state index in [1.165, 1.54) is 11.0 Å². The minimum atomic E-state index is -0.223. The molecule has 0 saturated heterocycles. The topological polar surface area (TPSA) is 62.3 Å². The summed E-state index contributed by atoms with van der Waals surface area (Å²) in [5, 5.41) is 5.06. The van der Waals surface area contributed by atoms with E-state index >= 15 is 0 Å². The predicted molar refractivity (Wildman–Crippen MR) is 107 cm³/mol. The Morgan fingerprint density at radius 2 is 1.89 bits per heavy atom. The molecule has 0 fully saturated rings. The van der Waals surface area contributed by atoms with Crippen LogP contribution in [-0.2, 0) is 16.1 Å². The number of benzene rings is 2. The predicted octanol–water partition coefficient (Wildman–Crippen LogP) is 3.02. The normalized spacial score (nSPS) is 10.9. The van der Waals surface area contributed by atoms with Gasteiger partial charge < -0.3 is 10.2 Å². The first kappa shape index (κ1) is 18.3. The first-order valence-corrected chi connectivity index (χ1v) is 8.69. The summed E-state index contributed by atoms with van der Waals surface area (Å²) < 4.78 is 0. The van der Waals surface area contributed by atoms with Crippen molar-refractivity contribution in [2.75, 3.05) is 13.6 Å². The van der Waals surface area contributed by atoms with Crippen LogP contribution in [0, 0.1) is 0 Å². The van der Waals surface area contributed by atoms with Crippen molar-refractivity contribution in [1.29, 1.82) is 0 Å². The number of likely N-dealkylation sites (N-methyl/N-ethyl adjacent to an activating group) is 1. The summed E-state index contributed by atoms with van der Waals surface area (Å²) in [6, 6.07) is 17.8. The zero-order valence-corrected chi connectivity index (χ0v) is 15.1. The van der Waals surface area contributed by atoms with Crippen LogP contribution < -0.4 is 5.32 Å². The second kappa shape index (κ2) is 8.76. The van der Waals surface area contributed by atoms with Crippen molar-refractivity contribution in [2.24, 2.45) is 0 Å². The van der Waals surface area contributed by atoms with E-state index < -0.39 is 0 Å². The molecule has 0 atom stereocenters. The van der Waals surface area contributed by atoms with Crippen molar-refractivity contribution in [3.63, 3.8) is 0 Å². The molecule has 0 saturated carbocycles. The Hall–Kier alpha value is -3.47. The molecule has 2 amide bonds. The smallest absolute Gasteiger partial charge is 0.246 e. The average Bonchev–Trinajstić information content (AvgIpc) is 2.71. The van der Waals surface area contributed by atoms with E-state index in [9.17, 15) is 9.59 Å². The van der Waals surface area contributed by atoms with Gasteiger partial charge >= 0.3 is 0 Å². The highest BCUT2D eigenvalue weighted by atomic mass is 16.2. The van der Waals surface area contributed by atoms with Gasteiger partial charge in [0, 0.05) is 32.1 Å². The van der Waals surface area contributed by atoms with Crippen LogP contribution in [0.1, 0.15) is 11.1 Å². The quantitative estimate of drug-likeness (QED) is 0.688. The molecule has 0 unspecified atom stereocenters. The Kier molecular flexibility index (Phi) is 5.94. The van der Waals surface area contributed by atoms with Gasteiger partial charge in [0.05, 0.1) is 6.54 Å². The minimum absolute atomic E-state index is 0.00115. The number of hydrogen-bond donors (Lipinski definition) is 1. The highest BCUT2D eigenvalue weighted by Gasteiger charge is 2.10. The van der Waals surface area contributed by atoms with Crippen LogP contribution in [0.4, 0.5) is 0 Å². The molecule has 1 heterocycles. The molecule has 0 spiro atoms. The van der Waals surface area contributed by atoms with E-state index in [1.54, 1.807) is 25.5 Å². The second-order valence-corrected chi connectivity index (χ2v) is 6.27. The van der Waals surface area contributed by atoms with E-state index in [4.69, 9.17) is 0 Å². The lowest BCUT2D eigenvalue weighted by Crippen LogP contribution is -2.37. The number of carbonyl (C=O) groups is 2. The van der Waals surface area contributed by atoms with Crippen molar-refractivity contribution in [3.05, 3.63) is 84.2 Å². The summed E-state index contributed by atoms with van der Waals surface area (Å²) in [5.74, 6) is -0.437. The average molecular weight is 359 g/mol. The lowest BCUT2D eigenvalue weighted by Gasteiger charge is -2.14. The maximum atomic E-state index is 12.2. The number of carbonyl (C=O) groups excluding carboxylic acids is 2. The maximum absolute atomic E-state index is 12.2. The van der Waals surface area contributed by atoms with Gasteiger partial charge in [-0.25, -0.2) is 0 Å². The molecule has 2 aromatic carbocycles. The molecular weight excluding hydrogens is 338 g/mol. The first-order valence-electron chi connectivity index (χ1n) is 8.69. The molecule has 3 aromatic rings. The number of amides is 2.